The first-order valence-corrected chi connectivity index (χ1v) is 4.07. The molecule has 2 aromatic rings. The molecule has 0 atom stereocenters. The maximum Gasteiger partial charge on any atom is 0.437 e. The van der Waals surface area contributed by atoms with Crippen molar-refractivity contribution in [2.24, 2.45) is 7.05 Å². The number of rotatable bonds is 1. The number of nitrogen functional groups attached to an aromatic ring is 1. The molecule has 0 saturated heterocycles. The number of aromatic nitrogens is 2. The minimum absolute atomic E-state index is 0.303. The molecule has 0 radical (unpaired) electrons. The van der Waals surface area contributed by atoms with Gasteiger partial charge in [0.25, 0.3) is 0 Å². The van der Waals surface area contributed by atoms with Crippen molar-refractivity contribution in [2.75, 3.05) is 5.73 Å². The van der Waals surface area contributed by atoms with Crippen LogP contribution in [0, 0.1) is 0 Å². The minimum atomic E-state index is -0.475. The Morgan fingerprint density at radius 3 is 2.50 bits per heavy atom. The minimum Gasteiger partial charge on any atom is -0.399 e. The first-order valence-electron chi connectivity index (χ1n) is 4.07. The van der Waals surface area contributed by atoms with Crippen LogP contribution in [0.15, 0.2) is 33.5 Å². The van der Waals surface area contributed by atoms with Gasteiger partial charge >= 0.3 is 5.76 Å². The van der Waals surface area contributed by atoms with Gasteiger partial charge in [-0.25, -0.2) is 4.79 Å². The van der Waals surface area contributed by atoms with E-state index in [1.54, 1.807) is 24.3 Å². The maximum absolute atomic E-state index is 11.0. The molecule has 1 aromatic carbocycles. The van der Waals surface area contributed by atoms with Gasteiger partial charge in [-0.05, 0) is 24.3 Å². The molecule has 5 heteroatoms. The largest absolute Gasteiger partial charge is 0.437 e. The van der Waals surface area contributed by atoms with Crippen molar-refractivity contribution in [1.82, 2.24) is 9.78 Å². The van der Waals surface area contributed by atoms with Crippen molar-refractivity contribution in [1.29, 1.82) is 0 Å². The molecule has 0 spiro atoms. The molecule has 0 saturated carbocycles. The highest BCUT2D eigenvalue weighted by Gasteiger charge is 2.06. The van der Waals surface area contributed by atoms with Gasteiger partial charge in [0, 0.05) is 18.3 Å². The van der Waals surface area contributed by atoms with Crippen molar-refractivity contribution in [3.8, 4) is 11.5 Å². The van der Waals surface area contributed by atoms with Gasteiger partial charge in [0.15, 0.2) is 0 Å². The topological polar surface area (TPSA) is 74.1 Å². The summed E-state index contributed by atoms with van der Waals surface area (Å²) in [5, 5.41) is 3.91. The van der Waals surface area contributed by atoms with Gasteiger partial charge in [-0.1, -0.05) is 0 Å². The fourth-order valence-electron chi connectivity index (χ4n) is 1.09. The third-order valence-corrected chi connectivity index (χ3v) is 1.85. The summed E-state index contributed by atoms with van der Waals surface area (Å²) in [5.41, 5.74) is 6.91. The highest BCUT2D eigenvalue weighted by molar-refractivity contribution is 5.56. The number of aryl methyl sites for hydroxylation is 1. The Hall–Kier alpha value is -2.04. The highest BCUT2D eigenvalue weighted by Crippen LogP contribution is 2.16. The fourth-order valence-corrected chi connectivity index (χ4v) is 1.09. The fraction of sp³-hybridized carbons (Fsp3) is 0.111. The quantitative estimate of drug-likeness (QED) is 0.670. The van der Waals surface area contributed by atoms with Crippen LogP contribution in [0.25, 0.3) is 11.5 Å². The average molecular weight is 191 g/mol. The lowest BCUT2D eigenvalue weighted by molar-refractivity contribution is 0.505. The Labute approximate surface area is 79.8 Å². The highest BCUT2D eigenvalue weighted by atomic mass is 16.4. The van der Waals surface area contributed by atoms with E-state index in [2.05, 4.69) is 5.10 Å². The number of nitrogens with two attached hydrogens (primary N) is 1. The maximum atomic E-state index is 11.0. The van der Waals surface area contributed by atoms with E-state index in [1.807, 2.05) is 0 Å². The third-order valence-electron chi connectivity index (χ3n) is 1.85. The van der Waals surface area contributed by atoms with Crippen LogP contribution in [0.3, 0.4) is 0 Å². The molecular formula is C9H9N3O2. The van der Waals surface area contributed by atoms with Crippen LogP contribution in [0.4, 0.5) is 5.69 Å². The monoisotopic (exact) mass is 191 g/mol. The third kappa shape index (κ3) is 1.39. The van der Waals surface area contributed by atoms with E-state index in [1.165, 1.54) is 7.05 Å². The van der Waals surface area contributed by atoms with Crippen molar-refractivity contribution < 1.29 is 4.42 Å². The summed E-state index contributed by atoms with van der Waals surface area (Å²) >= 11 is 0. The Morgan fingerprint density at radius 1 is 1.36 bits per heavy atom. The van der Waals surface area contributed by atoms with E-state index >= 15 is 0 Å². The number of hydrogen-bond acceptors (Lipinski definition) is 4. The molecule has 0 bridgehead atoms. The number of benzene rings is 1. The van der Waals surface area contributed by atoms with Gasteiger partial charge in [0.05, 0.1) is 0 Å². The second kappa shape index (κ2) is 3.02. The van der Waals surface area contributed by atoms with Crippen molar-refractivity contribution in [2.45, 2.75) is 0 Å². The molecule has 0 aliphatic rings. The predicted molar refractivity (Wildman–Crippen MR) is 51.6 cm³/mol. The van der Waals surface area contributed by atoms with Crippen LogP contribution >= 0.6 is 0 Å². The lowest BCUT2D eigenvalue weighted by atomic mass is 10.2. The molecule has 0 amide bonds. The number of hydrogen-bond donors (Lipinski definition) is 1. The summed E-state index contributed by atoms with van der Waals surface area (Å²) in [6.45, 7) is 0. The summed E-state index contributed by atoms with van der Waals surface area (Å²) in [6, 6.07) is 6.95. The molecule has 0 unspecified atom stereocenters. The lowest BCUT2D eigenvalue weighted by Gasteiger charge is -1.94. The van der Waals surface area contributed by atoms with Crippen LogP contribution < -0.4 is 11.5 Å². The molecule has 0 fully saturated rings. The Morgan fingerprint density at radius 2 is 2.00 bits per heavy atom. The molecule has 2 N–H and O–H groups in total. The molecule has 0 aliphatic heterocycles. The SMILES string of the molecule is Cn1nc(-c2ccc(N)cc2)oc1=O. The van der Waals surface area contributed by atoms with Gasteiger partial charge in [-0.3, -0.25) is 0 Å². The summed E-state index contributed by atoms with van der Waals surface area (Å²) in [4.78, 5) is 11.0. The first kappa shape index (κ1) is 8.55. The van der Waals surface area contributed by atoms with Gasteiger partial charge < -0.3 is 10.2 Å². The predicted octanol–water partition coefficient (Wildman–Crippen LogP) is 0.623. The molecule has 1 aromatic heterocycles. The lowest BCUT2D eigenvalue weighted by Crippen LogP contribution is -2.09. The van der Waals surface area contributed by atoms with Crippen molar-refractivity contribution in [3.05, 3.63) is 34.8 Å². The smallest absolute Gasteiger partial charge is 0.399 e. The van der Waals surface area contributed by atoms with E-state index in [0.717, 1.165) is 10.2 Å². The van der Waals surface area contributed by atoms with Crippen LogP contribution in [0.1, 0.15) is 0 Å². The zero-order valence-electron chi connectivity index (χ0n) is 7.60. The first-order chi connectivity index (χ1) is 6.66. The van der Waals surface area contributed by atoms with E-state index < -0.39 is 5.76 Å². The number of anilines is 1. The molecule has 2 rings (SSSR count). The standard InChI is InChI=1S/C9H9N3O2/c1-12-9(13)14-8(11-12)6-2-4-7(10)5-3-6/h2-5H,10H2,1H3. The Bertz CT molecular complexity index is 496. The van der Waals surface area contributed by atoms with Gasteiger partial charge in [-0.15, -0.1) is 5.10 Å². The Kier molecular flexibility index (Phi) is 1.85. The summed E-state index contributed by atoms with van der Waals surface area (Å²) in [7, 11) is 1.53. The second-order valence-corrected chi connectivity index (χ2v) is 2.92. The van der Waals surface area contributed by atoms with E-state index in [4.69, 9.17) is 10.2 Å². The average Bonchev–Trinajstić information content (AvgIpc) is 2.48. The van der Waals surface area contributed by atoms with Gasteiger partial charge in [0.1, 0.15) is 0 Å². The number of nitrogens with zero attached hydrogens (tertiary/aromatic N) is 2. The zero-order chi connectivity index (χ0) is 10.1. The zero-order valence-corrected chi connectivity index (χ0v) is 7.60. The summed E-state index contributed by atoms with van der Waals surface area (Å²) in [5.74, 6) is -0.172. The van der Waals surface area contributed by atoms with Crippen LogP contribution in [-0.4, -0.2) is 9.78 Å². The van der Waals surface area contributed by atoms with Crippen molar-refractivity contribution >= 4 is 5.69 Å². The van der Waals surface area contributed by atoms with E-state index in [-0.39, 0.29) is 0 Å². The summed E-state index contributed by atoms with van der Waals surface area (Å²) < 4.78 is 6.04. The van der Waals surface area contributed by atoms with Gasteiger partial charge in [-0.2, -0.15) is 4.68 Å². The van der Waals surface area contributed by atoms with E-state index in [9.17, 15) is 4.79 Å². The van der Waals surface area contributed by atoms with Crippen molar-refractivity contribution in [3.63, 3.8) is 0 Å². The van der Waals surface area contributed by atoms with Gasteiger partial charge in [0.2, 0.25) is 5.89 Å². The molecule has 5 nitrogen and oxygen atoms in total. The molecule has 1 heterocycles. The normalized spacial score (nSPS) is 10.4. The van der Waals surface area contributed by atoms with Crippen LogP contribution in [0.2, 0.25) is 0 Å². The molecule has 0 aliphatic carbocycles. The Balaban J connectivity index is 2.49. The molecular weight excluding hydrogens is 182 g/mol. The summed E-state index contributed by atoms with van der Waals surface area (Å²) in [6.07, 6.45) is 0. The van der Waals surface area contributed by atoms with E-state index in [0.29, 0.717) is 11.6 Å². The second-order valence-electron chi connectivity index (χ2n) is 2.92. The molecule has 14 heavy (non-hydrogen) atoms. The molecule has 72 valence electrons. The van der Waals surface area contributed by atoms with Crippen LogP contribution in [0.5, 0.6) is 0 Å². The van der Waals surface area contributed by atoms with Crippen LogP contribution in [-0.2, 0) is 7.05 Å².